The summed E-state index contributed by atoms with van der Waals surface area (Å²) < 4.78 is 13.3. The number of aliphatic hydroxyl groups is 1. The highest BCUT2D eigenvalue weighted by molar-refractivity contribution is 5.89. The fraction of sp³-hybridized carbons (Fsp3) is 0.515. The Labute approximate surface area is 249 Å². The zero-order valence-electron chi connectivity index (χ0n) is 25.6. The molecule has 9 heteroatoms. The van der Waals surface area contributed by atoms with Gasteiger partial charge in [-0.05, 0) is 49.3 Å². The van der Waals surface area contributed by atoms with Crippen molar-refractivity contribution in [1.29, 1.82) is 0 Å². The van der Waals surface area contributed by atoms with E-state index in [1.165, 1.54) is 0 Å². The van der Waals surface area contributed by atoms with Crippen molar-refractivity contribution in [1.82, 2.24) is 15.2 Å². The number of nitrogens with zero attached hydrogens (tertiary/aromatic N) is 1. The third-order valence-corrected chi connectivity index (χ3v) is 7.88. The average Bonchev–Trinajstić information content (AvgIpc) is 3.31. The number of benzene rings is 2. The third kappa shape index (κ3) is 9.22. The van der Waals surface area contributed by atoms with Gasteiger partial charge in [0, 0.05) is 42.2 Å². The molecular weight excluding hydrogens is 532 g/mol. The van der Waals surface area contributed by atoms with Crippen LogP contribution in [0.4, 0.5) is 4.79 Å². The number of carbonyl (C=O) groups is 2. The summed E-state index contributed by atoms with van der Waals surface area (Å²) in [6, 6.07) is 15.1. The van der Waals surface area contributed by atoms with Crippen molar-refractivity contribution in [3.8, 4) is 11.5 Å². The molecule has 2 aromatic carbocycles. The van der Waals surface area contributed by atoms with Crippen LogP contribution in [-0.2, 0) is 11.3 Å². The molecule has 0 saturated heterocycles. The van der Waals surface area contributed by atoms with Gasteiger partial charge in [-0.25, -0.2) is 4.79 Å². The predicted molar refractivity (Wildman–Crippen MR) is 167 cm³/mol. The first-order valence-corrected chi connectivity index (χ1v) is 15.0. The number of methoxy groups -OCH3 is 1. The van der Waals surface area contributed by atoms with Crippen LogP contribution in [0.15, 0.2) is 54.7 Å². The van der Waals surface area contributed by atoms with Crippen LogP contribution in [0.1, 0.15) is 58.9 Å². The molecule has 0 unspecified atom stereocenters. The van der Waals surface area contributed by atoms with Gasteiger partial charge in [-0.15, -0.1) is 0 Å². The Kier molecular flexibility index (Phi) is 12.7. The quantitative estimate of drug-likeness (QED) is 0.175. The molecule has 42 heavy (non-hydrogen) atoms. The van der Waals surface area contributed by atoms with Crippen molar-refractivity contribution in [3.63, 3.8) is 0 Å². The average molecular weight is 581 g/mol. The largest absolute Gasteiger partial charge is 0.496 e. The molecule has 0 bridgehead atoms. The van der Waals surface area contributed by atoms with Crippen LogP contribution in [0.3, 0.4) is 0 Å². The van der Waals surface area contributed by atoms with Crippen molar-refractivity contribution in [3.05, 3.63) is 60.3 Å². The second-order valence-corrected chi connectivity index (χ2v) is 11.5. The van der Waals surface area contributed by atoms with Crippen LogP contribution in [0.5, 0.6) is 11.5 Å². The van der Waals surface area contributed by atoms with Crippen LogP contribution < -0.4 is 25.8 Å². The molecule has 4 atom stereocenters. The van der Waals surface area contributed by atoms with Gasteiger partial charge in [0.25, 0.3) is 0 Å². The molecule has 3 rings (SSSR count). The van der Waals surface area contributed by atoms with E-state index in [0.29, 0.717) is 38.2 Å². The number of fused-ring (bicyclic) bond motifs is 1. The summed E-state index contributed by atoms with van der Waals surface area (Å²) in [6.45, 7) is 9.55. The molecule has 1 heterocycles. The highest BCUT2D eigenvalue weighted by Crippen LogP contribution is 2.30. The van der Waals surface area contributed by atoms with Gasteiger partial charge in [0.1, 0.15) is 5.75 Å². The Morgan fingerprint density at radius 2 is 1.71 bits per heavy atom. The number of nitrogens with two attached hydrogens (primary N) is 1. The Morgan fingerprint density at radius 3 is 2.43 bits per heavy atom. The number of unbranched alkanes of at least 4 members (excludes halogenated alkanes) is 1. The maximum Gasteiger partial charge on any atom is 0.412 e. The zero-order chi connectivity index (χ0) is 30.6. The van der Waals surface area contributed by atoms with E-state index in [2.05, 4.69) is 31.4 Å². The highest BCUT2D eigenvalue weighted by Gasteiger charge is 2.26. The minimum atomic E-state index is -0.820. The maximum absolute atomic E-state index is 12.9. The topological polar surface area (TPSA) is 128 Å². The Bertz CT molecular complexity index is 1290. The van der Waals surface area contributed by atoms with Gasteiger partial charge in [0.2, 0.25) is 5.91 Å². The fourth-order valence-corrected chi connectivity index (χ4v) is 5.10. The van der Waals surface area contributed by atoms with E-state index >= 15 is 0 Å². The van der Waals surface area contributed by atoms with Crippen molar-refractivity contribution >= 4 is 22.9 Å². The monoisotopic (exact) mass is 580 g/mol. The van der Waals surface area contributed by atoms with Crippen LogP contribution >= 0.6 is 0 Å². The molecule has 0 aliphatic carbocycles. The van der Waals surface area contributed by atoms with Crippen molar-refractivity contribution in [2.45, 2.75) is 72.1 Å². The van der Waals surface area contributed by atoms with Crippen LogP contribution in [0, 0.1) is 17.8 Å². The van der Waals surface area contributed by atoms with E-state index in [-0.39, 0.29) is 23.7 Å². The number of nitrogens with one attached hydrogen (secondary N) is 2. The van der Waals surface area contributed by atoms with Gasteiger partial charge in [-0.3, -0.25) is 4.79 Å². The van der Waals surface area contributed by atoms with E-state index in [1.54, 1.807) is 7.11 Å². The van der Waals surface area contributed by atoms with Crippen molar-refractivity contribution < 1.29 is 24.2 Å². The first-order valence-electron chi connectivity index (χ1n) is 15.0. The molecular formula is C33H48N4O5. The second kappa shape index (κ2) is 16.2. The number of aliphatic hydroxyl groups excluding tert-OH is 1. The standard InChI is InChI=1S/C33H48N4O5/c1-6-7-16-35-32(39)23(4)17-29(38)27(34)18-25(22(2)3)19-36-33(40)42-31-21-37(28-14-10-9-13-26(28)31)20-24-12-8-11-15-30(24)41-5/h8-15,21-23,25,27,29,38H,6-7,16-20,34H2,1-5H3,(H,35,39)(H,36,40)/t23-,25+,27+,29+/m1/s1. The minimum absolute atomic E-state index is 0.0165. The number of para-hydroxylation sites is 2. The Morgan fingerprint density at radius 1 is 1.00 bits per heavy atom. The number of hydrogen-bond acceptors (Lipinski definition) is 6. The Balaban J connectivity index is 1.59. The highest BCUT2D eigenvalue weighted by atomic mass is 16.6. The van der Waals surface area contributed by atoms with Gasteiger partial charge >= 0.3 is 6.09 Å². The molecule has 0 radical (unpaired) electrons. The number of carbonyl (C=O) groups excluding carboxylic acids is 2. The lowest BCUT2D eigenvalue weighted by molar-refractivity contribution is -0.125. The van der Waals surface area contributed by atoms with Crippen molar-refractivity contribution in [2.24, 2.45) is 23.5 Å². The minimum Gasteiger partial charge on any atom is -0.496 e. The van der Waals surface area contributed by atoms with E-state index in [4.69, 9.17) is 15.2 Å². The van der Waals surface area contributed by atoms with Gasteiger partial charge in [-0.1, -0.05) is 64.4 Å². The van der Waals surface area contributed by atoms with Gasteiger partial charge in [-0.2, -0.15) is 0 Å². The molecule has 5 N–H and O–H groups in total. The number of aromatic nitrogens is 1. The van der Waals surface area contributed by atoms with Crippen LogP contribution in [-0.4, -0.2) is 54.0 Å². The maximum atomic E-state index is 12.9. The summed E-state index contributed by atoms with van der Waals surface area (Å²) in [5.74, 6) is 1.09. The summed E-state index contributed by atoms with van der Waals surface area (Å²) in [5, 5.41) is 17.4. The summed E-state index contributed by atoms with van der Waals surface area (Å²) in [7, 11) is 1.65. The smallest absolute Gasteiger partial charge is 0.412 e. The molecule has 0 spiro atoms. The van der Waals surface area contributed by atoms with E-state index < -0.39 is 18.2 Å². The summed E-state index contributed by atoms with van der Waals surface area (Å²) in [6.07, 6.45) is 3.19. The van der Waals surface area contributed by atoms with Gasteiger partial charge in [0.15, 0.2) is 5.75 Å². The number of rotatable bonds is 16. The third-order valence-electron chi connectivity index (χ3n) is 7.88. The van der Waals surface area contributed by atoms with E-state index in [1.807, 2.05) is 66.2 Å². The molecule has 9 nitrogen and oxygen atoms in total. The van der Waals surface area contributed by atoms with Crippen molar-refractivity contribution in [2.75, 3.05) is 20.2 Å². The molecule has 0 aliphatic heterocycles. The lowest BCUT2D eigenvalue weighted by Crippen LogP contribution is -2.43. The van der Waals surface area contributed by atoms with Crippen LogP contribution in [0.2, 0.25) is 0 Å². The molecule has 0 saturated carbocycles. The lowest BCUT2D eigenvalue weighted by Gasteiger charge is -2.28. The molecule has 230 valence electrons. The summed E-state index contributed by atoms with van der Waals surface area (Å²) in [4.78, 5) is 25.2. The number of amides is 2. The first-order chi connectivity index (χ1) is 20.1. The summed E-state index contributed by atoms with van der Waals surface area (Å²) in [5.41, 5.74) is 8.33. The van der Waals surface area contributed by atoms with Gasteiger partial charge < -0.3 is 35.5 Å². The lowest BCUT2D eigenvalue weighted by atomic mass is 9.86. The van der Waals surface area contributed by atoms with Crippen LogP contribution in [0.25, 0.3) is 10.9 Å². The van der Waals surface area contributed by atoms with E-state index in [9.17, 15) is 14.7 Å². The number of ether oxygens (including phenoxy) is 2. The zero-order valence-corrected chi connectivity index (χ0v) is 25.6. The predicted octanol–water partition coefficient (Wildman–Crippen LogP) is 5.08. The van der Waals surface area contributed by atoms with E-state index in [0.717, 1.165) is 35.1 Å². The molecule has 2 amide bonds. The second-order valence-electron chi connectivity index (χ2n) is 11.5. The van der Waals surface area contributed by atoms with Gasteiger partial charge in [0.05, 0.1) is 25.3 Å². The number of hydrogen-bond donors (Lipinski definition) is 4. The summed E-state index contributed by atoms with van der Waals surface area (Å²) >= 11 is 0. The molecule has 0 aliphatic rings. The molecule has 3 aromatic rings. The first kappa shape index (κ1) is 32.9. The molecule has 0 fully saturated rings. The normalized spacial score (nSPS) is 14.3. The Hall–Kier alpha value is -3.56. The molecule has 1 aromatic heterocycles. The fourth-order valence-electron chi connectivity index (χ4n) is 5.10. The SMILES string of the molecule is CCCCNC(=O)[C@H](C)C[C@H](O)[C@@H](N)C[C@@H](CNC(=O)Oc1cn(Cc2ccccc2OC)c2ccccc12)C(C)C.